The van der Waals surface area contributed by atoms with Gasteiger partial charge in [-0.05, 0) is 31.7 Å². The third-order valence-electron chi connectivity index (χ3n) is 3.74. The topological polar surface area (TPSA) is 12.0 Å². The first kappa shape index (κ1) is 14.0. The first-order valence-corrected chi connectivity index (χ1v) is 6.36. The van der Waals surface area contributed by atoms with Crippen molar-refractivity contribution in [2.24, 2.45) is 11.8 Å². The lowest BCUT2D eigenvalue weighted by atomic mass is 9.89. The van der Waals surface area contributed by atoms with Crippen LogP contribution in [0.5, 0.6) is 0 Å². The van der Waals surface area contributed by atoms with Crippen LogP contribution in [0.4, 0.5) is 0 Å². The second-order valence-corrected chi connectivity index (χ2v) is 4.54. The van der Waals surface area contributed by atoms with E-state index in [-0.39, 0.29) is 0 Å². The highest BCUT2D eigenvalue weighted by Gasteiger charge is 2.14. The van der Waals surface area contributed by atoms with E-state index in [0.29, 0.717) is 0 Å². The molecule has 0 bridgehead atoms. The van der Waals surface area contributed by atoms with Crippen molar-refractivity contribution in [3.8, 4) is 0 Å². The molecule has 0 aliphatic carbocycles. The summed E-state index contributed by atoms with van der Waals surface area (Å²) in [5.41, 5.74) is 0. The van der Waals surface area contributed by atoms with E-state index in [2.05, 4.69) is 40.1 Å². The summed E-state index contributed by atoms with van der Waals surface area (Å²) in [6, 6.07) is 0.723. The molecule has 0 rings (SSSR count). The fourth-order valence-corrected chi connectivity index (χ4v) is 2.11. The number of hydrogen-bond acceptors (Lipinski definition) is 1. The Morgan fingerprint density at radius 2 is 1.50 bits per heavy atom. The minimum atomic E-state index is 0.723. The molecule has 2 unspecified atom stereocenters. The summed E-state index contributed by atoms with van der Waals surface area (Å²) in [6.45, 7) is 9.26. The lowest BCUT2D eigenvalue weighted by Crippen LogP contribution is -2.32. The average Bonchev–Trinajstić information content (AvgIpc) is 2.24. The van der Waals surface area contributed by atoms with Crippen LogP contribution < -0.4 is 5.32 Å². The summed E-state index contributed by atoms with van der Waals surface area (Å²) in [5.74, 6) is 1.75. The predicted molar refractivity (Wildman–Crippen MR) is 65.6 cm³/mol. The van der Waals surface area contributed by atoms with Gasteiger partial charge in [-0.25, -0.2) is 0 Å². The number of hydrogen-bond donors (Lipinski definition) is 1. The molecule has 1 N–H and O–H groups in total. The van der Waals surface area contributed by atoms with Gasteiger partial charge in [-0.3, -0.25) is 0 Å². The second kappa shape index (κ2) is 8.28. The fraction of sp³-hybridized carbons (Fsp3) is 1.00. The Kier molecular flexibility index (Phi) is 8.26. The van der Waals surface area contributed by atoms with Crippen molar-refractivity contribution in [1.82, 2.24) is 5.32 Å². The monoisotopic (exact) mass is 199 g/mol. The van der Waals surface area contributed by atoms with Gasteiger partial charge in [0.15, 0.2) is 0 Å². The maximum absolute atomic E-state index is 3.46. The Morgan fingerprint density at radius 3 is 1.86 bits per heavy atom. The van der Waals surface area contributed by atoms with Gasteiger partial charge in [-0.1, -0.05) is 47.0 Å². The molecule has 0 spiro atoms. The second-order valence-electron chi connectivity index (χ2n) is 4.54. The molecule has 2 atom stereocenters. The van der Waals surface area contributed by atoms with Crippen molar-refractivity contribution in [3.05, 3.63) is 0 Å². The van der Waals surface area contributed by atoms with Gasteiger partial charge < -0.3 is 5.32 Å². The molecular weight excluding hydrogens is 170 g/mol. The van der Waals surface area contributed by atoms with Crippen LogP contribution >= 0.6 is 0 Å². The van der Waals surface area contributed by atoms with E-state index in [1.165, 1.54) is 32.1 Å². The van der Waals surface area contributed by atoms with Gasteiger partial charge in [-0.2, -0.15) is 0 Å². The van der Waals surface area contributed by atoms with E-state index in [4.69, 9.17) is 0 Å². The lowest BCUT2D eigenvalue weighted by molar-refractivity contribution is 0.325. The molecule has 0 aliphatic rings. The zero-order valence-electron chi connectivity index (χ0n) is 10.8. The third kappa shape index (κ3) is 4.99. The summed E-state index contributed by atoms with van der Waals surface area (Å²) in [4.78, 5) is 0. The molecule has 0 radical (unpaired) electrons. The van der Waals surface area contributed by atoms with Crippen molar-refractivity contribution < 1.29 is 0 Å². The maximum Gasteiger partial charge on any atom is 0.00896 e. The molecule has 0 aromatic carbocycles. The number of nitrogens with one attached hydrogen (secondary N) is 1. The minimum Gasteiger partial charge on any atom is -0.317 e. The number of rotatable bonds is 8. The highest BCUT2D eigenvalue weighted by molar-refractivity contribution is 4.72. The molecule has 0 saturated carbocycles. The van der Waals surface area contributed by atoms with Crippen LogP contribution in [-0.4, -0.2) is 13.1 Å². The summed E-state index contributed by atoms with van der Waals surface area (Å²) < 4.78 is 0. The van der Waals surface area contributed by atoms with E-state index in [0.717, 1.165) is 17.9 Å². The molecule has 0 aromatic rings. The van der Waals surface area contributed by atoms with E-state index in [9.17, 15) is 0 Å². The molecule has 86 valence electrons. The molecule has 0 aliphatic heterocycles. The Morgan fingerprint density at radius 1 is 0.929 bits per heavy atom. The smallest absolute Gasteiger partial charge is 0.00896 e. The van der Waals surface area contributed by atoms with Gasteiger partial charge in [0.1, 0.15) is 0 Å². The quantitative estimate of drug-likeness (QED) is 0.626. The van der Waals surface area contributed by atoms with Crippen LogP contribution in [0.1, 0.15) is 59.8 Å². The Bertz CT molecular complexity index is 118. The molecular formula is C13H29N. The third-order valence-corrected chi connectivity index (χ3v) is 3.74. The zero-order chi connectivity index (χ0) is 11.0. The van der Waals surface area contributed by atoms with E-state index in [1.54, 1.807) is 0 Å². The van der Waals surface area contributed by atoms with Crippen LogP contribution in [0.2, 0.25) is 0 Å². The van der Waals surface area contributed by atoms with Crippen molar-refractivity contribution in [2.45, 2.75) is 65.8 Å². The summed E-state index contributed by atoms with van der Waals surface area (Å²) in [7, 11) is 2.10. The summed E-state index contributed by atoms with van der Waals surface area (Å²) in [5, 5.41) is 3.46. The largest absolute Gasteiger partial charge is 0.317 e. The first-order valence-electron chi connectivity index (χ1n) is 6.36. The Balaban J connectivity index is 3.81. The maximum atomic E-state index is 3.46. The SMILES string of the molecule is CCC(CC)CCC(NC)C(C)CC. The van der Waals surface area contributed by atoms with Crippen molar-refractivity contribution in [3.63, 3.8) is 0 Å². The lowest BCUT2D eigenvalue weighted by Gasteiger charge is -2.24. The van der Waals surface area contributed by atoms with Crippen LogP contribution in [0.15, 0.2) is 0 Å². The molecule has 1 nitrogen and oxygen atoms in total. The molecule has 0 saturated heterocycles. The van der Waals surface area contributed by atoms with E-state index >= 15 is 0 Å². The Labute approximate surface area is 90.7 Å². The zero-order valence-corrected chi connectivity index (χ0v) is 10.8. The van der Waals surface area contributed by atoms with Crippen LogP contribution in [-0.2, 0) is 0 Å². The van der Waals surface area contributed by atoms with Gasteiger partial charge in [0.2, 0.25) is 0 Å². The van der Waals surface area contributed by atoms with Gasteiger partial charge in [-0.15, -0.1) is 0 Å². The van der Waals surface area contributed by atoms with Gasteiger partial charge >= 0.3 is 0 Å². The average molecular weight is 199 g/mol. The fourth-order valence-electron chi connectivity index (χ4n) is 2.11. The molecule has 14 heavy (non-hydrogen) atoms. The van der Waals surface area contributed by atoms with Gasteiger partial charge in [0.25, 0.3) is 0 Å². The van der Waals surface area contributed by atoms with E-state index in [1.807, 2.05) is 0 Å². The van der Waals surface area contributed by atoms with Crippen LogP contribution in [0, 0.1) is 11.8 Å². The first-order chi connectivity index (χ1) is 6.69. The molecule has 0 fully saturated rings. The van der Waals surface area contributed by atoms with Crippen LogP contribution in [0.25, 0.3) is 0 Å². The van der Waals surface area contributed by atoms with Crippen molar-refractivity contribution in [2.75, 3.05) is 7.05 Å². The minimum absolute atomic E-state index is 0.723. The highest BCUT2D eigenvalue weighted by atomic mass is 14.9. The predicted octanol–water partition coefficient (Wildman–Crippen LogP) is 3.84. The van der Waals surface area contributed by atoms with E-state index < -0.39 is 0 Å². The Hall–Kier alpha value is -0.0400. The highest BCUT2D eigenvalue weighted by Crippen LogP contribution is 2.19. The molecule has 1 heteroatoms. The molecule has 0 heterocycles. The molecule has 0 aromatic heterocycles. The van der Waals surface area contributed by atoms with Gasteiger partial charge in [0.05, 0.1) is 0 Å². The molecule has 0 amide bonds. The summed E-state index contributed by atoms with van der Waals surface area (Å²) >= 11 is 0. The van der Waals surface area contributed by atoms with Crippen molar-refractivity contribution >= 4 is 0 Å². The van der Waals surface area contributed by atoms with Crippen molar-refractivity contribution in [1.29, 1.82) is 0 Å². The van der Waals surface area contributed by atoms with Gasteiger partial charge in [0, 0.05) is 6.04 Å². The standard InChI is InChI=1S/C13H29N/c1-6-11(4)13(14-5)10-9-12(7-2)8-3/h11-14H,6-10H2,1-5H3. The normalized spacial score (nSPS) is 15.9. The van der Waals surface area contributed by atoms with Crippen LogP contribution in [0.3, 0.4) is 0 Å². The summed E-state index contributed by atoms with van der Waals surface area (Å²) in [6.07, 6.45) is 6.70.